The molecule has 1 aliphatic rings. The molecule has 0 saturated heterocycles. The number of nitrogens with zero attached hydrogens (tertiary/aromatic N) is 2. The van der Waals surface area contributed by atoms with E-state index in [0.29, 0.717) is 17.9 Å². The first-order valence-electron chi connectivity index (χ1n) is 15.7. The number of rotatable bonds is 15. The molecular formula is C39H54N4. The van der Waals surface area contributed by atoms with Crippen LogP contribution in [0.5, 0.6) is 0 Å². The number of amidine groups is 1. The molecule has 1 aromatic carbocycles. The lowest BCUT2D eigenvalue weighted by molar-refractivity contribution is 0.297. The summed E-state index contributed by atoms with van der Waals surface area (Å²) in [6, 6.07) is 7.89. The van der Waals surface area contributed by atoms with Crippen LogP contribution in [0.4, 0.5) is 0 Å². The average Bonchev–Trinajstić information content (AvgIpc) is 3.13. The Balaban J connectivity index is 2.48. The molecule has 4 heteroatoms. The number of aliphatic imine (C=N–C) groups is 1. The molecule has 0 bridgehead atoms. The molecule has 0 heterocycles. The topological polar surface area (TPSA) is 74.2 Å². The fraction of sp³-hybridized carbons (Fsp3) is 0.436. The fourth-order valence-electron chi connectivity index (χ4n) is 5.90. The van der Waals surface area contributed by atoms with Gasteiger partial charge in [-0.1, -0.05) is 113 Å². The summed E-state index contributed by atoms with van der Waals surface area (Å²) in [5.41, 5.74) is 16.1. The van der Waals surface area contributed by atoms with Gasteiger partial charge in [-0.3, -0.25) is 4.99 Å². The van der Waals surface area contributed by atoms with E-state index in [1.165, 1.54) is 11.1 Å². The third-order valence-electron chi connectivity index (χ3n) is 8.61. The number of hydrogen-bond donors (Lipinski definition) is 2. The molecule has 3 N–H and O–H groups in total. The molecule has 0 aliphatic heterocycles. The summed E-state index contributed by atoms with van der Waals surface area (Å²) in [4.78, 5) is 4.88. The molecule has 2 unspecified atom stereocenters. The first-order valence-corrected chi connectivity index (χ1v) is 15.7. The predicted octanol–water partition coefficient (Wildman–Crippen LogP) is 9.89. The highest BCUT2D eigenvalue weighted by atomic mass is 15.1. The molecule has 3 atom stereocenters. The minimum absolute atomic E-state index is 0.101. The zero-order chi connectivity index (χ0) is 32.2. The molecule has 43 heavy (non-hydrogen) atoms. The van der Waals surface area contributed by atoms with Crippen LogP contribution in [0.2, 0.25) is 0 Å². The molecule has 0 spiro atoms. The van der Waals surface area contributed by atoms with Gasteiger partial charge in [0.05, 0.1) is 18.2 Å². The van der Waals surface area contributed by atoms with E-state index < -0.39 is 6.17 Å². The van der Waals surface area contributed by atoms with Gasteiger partial charge < -0.3 is 11.1 Å². The van der Waals surface area contributed by atoms with Gasteiger partial charge in [0.15, 0.2) is 0 Å². The van der Waals surface area contributed by atoms with Gasteiger partial charge in [0.25, 0.3) is 0 Å². The van der Waals surface area contributed by atoms with E-state index in [2.05, 4.69) is 83.6 Å². The van der Waals surface area contributed by atoms with E-state index >= 15 is 0 Å². The quantitative estimate of drug-likeness (QED) is 0.0941. The van der Waals surface area contributed by atoms with Crippen LogP contribution in [0.25, 0.3) is 0 Å². The third-order valence-corrected chi connectivity index (χ3v) is 8.61. The molecule has 0 saturated carbocycles. The zero-order valence-electron chi connectivity index (χ0n) is 27.7. The maximum atomic E-state index is 9.55. The highest BCUT2D eigenvalue weighted by molar-refractivity contribution is 6.03. The van der Waals surface area contributed by atoms with E-state index in [9.17, 15) is 5.26 Å². The average molecular weight is 579 g/mol. The second-order valence-electron chi connectivity index (χ2n) is 12.3. The van der Waals surface area contributed by atoms with Gasteiger partial charge in [0.1, 0.15) is 12.0 Å². The molecule has 1 aliphatic carbocycles. The zero-order valence-corrected chi connectivity index (χ0v) is 27.7. The van der Waals surface area contributed by atoms with Crippen molar-refractivity contribution in [1.29, 1.82) is 5.26 Å². The van der Waals surface area contributed by atoms with Crippen LogP contribution < -0.4 is 11.1 Å². The standard InChI is InChI=1S/C39H54N4/c1-11-16-31(13-3)25-39(10,14-4)24-28(7)22-33-23-36(34(27(5)6)20-19-29(33)8)38(42-21-12-2)43-37(41)35-18-15-17-32(26-40)30(35)9/h12,15-18,20,23,33,37H,2,5,7-8,11,13-14,19,21-22,24-25,41H2,1,3-4,6,9-10H3,(H,42,43)/b31-16+/t33?,37-,39?/m0/s1. The molecule has 0 aromatic heterocycles. The van der Waals surface area contributed by atoms with Gasteiger partial charge in [0, 0.05) is 11.5 Å². The maximum absolute atomic E-state index is 9.55. The molecular weight excluding hydrogens is 524 g/mol. The Labute approximate surface area is 262 Å². The van der Waals surface area contributed by atoms with Gasteiger partial charge >= 0.3 is 0 Å². The van der Waals surface area contributed by atoms with Crippen LogP contribution in [0.15, 0.2) is 107 Å². The van der Waals surface area contributed by atoms with Crippen molar-refractivity contribution in [2.75, 3.05) is 6.54 Å². The maximum Gasteiger partial charge on any atom is 0.130 e. The number of nitriles is 1. The molecule has 230 valence electrons. The molecule has 0 amide bonds. The molecule has 2 rings (SSSR count). The van der Waals surface area contributed by atoms with Crippen molar-refractivity contribution in [1.82, 2.24) is 5.32 Å². The number of benzene rings is 1. The summed E-state index contributed by atoms with van der Waals surface area (Å²) in [5, 5.41) is 13.0. The second kappa shape index (κ2) is 16.8. The fourth-order valence-corrected chi connectivity index (χ4v) is 5.90. The van der Waals surface area contributed by atoms with Gasteiger partial charge in [0.2, 0.25) is 0 Å². The monoisotopic (exact) mass is 578 g/mol. The molecule has 0 fully saturated rings. The smallest absolute Gasteiger partial charge is 0.130 e. The lowest BCUT2D eigenvalue weighted by Gasteiger charge is -2.31. The summed E-state index contributed by atoms with van der Waals surface area (Å²) < 4.78 is 0. The minimum Gasteiger partial charge on any atom is -0.351 e. The minimum atomic E-state index is -0.557. The lowest BCUT2D eigenvalue weighted by Crippen LogP contribution is -2.36. The normalized spacial score (nSPS) is 18.0. The van der Waals surface area contributed by atoms with Gasteiger partial charge in [-0.05, 0) is 80.6 Å². The highest BCUT2D eigenvalue weighted by Gasteiger charge is 2.27. The number of nitrogens with two attached hydrogens (primary N) is 1. The summed E-state index contributed by atoms with van der Waals surface area (Å²) in [7, 11) is 0. The van der Waals surface area contributed by atoms with E-state index in [4.69, 9.17) is 10.7 Å². The van der Waals surface area contributed by atoms with Crippen molar-refractivity contribution in [3.8, 4) is 6.07 Å². The van der Waals surface area contributed by atoms with Gasteiger partial charge in [-0.15, -0.1) is 6.58 Å². The Morgan fingerprint density at radius 3 is 2.53 bits per heavy atom. The van der Waals surface area contributed by atoms with Crippen molar-refractivity contribution >= 4 is 5.84 Å². The predicted molar refractivity (Wildman–Crippen MR) is 187 cm³/mol. The summed E-state index contributed by atoms with van der Waals surface area (Å²) >= 11 is 0. The Bertz CT molecular complexity index is 1360. The van der Waals surface area contributed by atoms with Gasteiger partial charge in [-0.25, -0.2) is 0 Å². The third kappa shape index (κ3) is 9.94. The molecule has 1 aromatic rings. The van der Waals surface area contributed by atoms with Crippen LogP contribution in [0.1, 0.15) is 102 Å². The Morgan fingerprint density at radius 1 is 1.23 bits per heavy atom. The van der Waals surface area contributed by atoms with E-state index in [1.54, 1.807) is 6.08 Å². The number of allylic oxidation sites excluding steroid dienone is 7. The van der Waals surface area contributed by atoms with E-state index in [0.717, 1.165) is 78.4 Å². The first kappa shape index (κ1) is 35.5. The summed E-state index contributed by atoms with van der Waals surface area (Å²) in [6.07, 6.45) is 15.0. The van der Waals surface area contributed by atoms with Crippen molar-refractivity contribution < 1.29 is 0 Å². The molecule has 4 nitrogen and oxygen atoms in total. The van der Waals surface area contributed by atoms with Crippen molar-refractivity contribution in [3.63, 3.8) is 0 Å². The van der Waals surface area contributed by atoms with Crippen molar-refractivity contribution in [2.45, 2.75) is 92.7 Å². The second-order valence-corrected chi connectivity index (χ2v) is 12.3. The summed E-state index contributed by atoms with van der Waals surface area (Å²) in [6.45, 7) is 30.8. The Morgan fingerprint density at radius 2 is 1.95 bits per heavy atom. The lowest BCUT2D eigenvalue weighted by atomic mass is 9.74. The van der Waals surface area contributed by atoms with Crippen LogP contribution in [0.3, 0.4) is 0 Å². The number of nitrogens with one attached hydrogen (secondary N) is 1. The first-order chi connectivity index (χ1) is 20.4. The summed E-state index contributed by atoms with van der Waals surface area (Å²) in [5.74, 6) is 0.786. The number of hydrogen-bond acceptors (Lipinski definition) is 3. The SMILES string of the molecule is C=CCN=C(N[C@H](N)c1cccc(C#N)c1C)C1=CC(CC(=C)CC(C)(CC)C/C(=C/CC)CC)C(=C)CC=C1C(=C)C. The Kier molecular flexibility index (Phi) is 13.9. The van der Waals surface area contributed by atoms with Crippen LogP contribution in [-0.2, 0) is 0 Å². The van der Waals surface area contributed by atoms with Crippen LogP contribution >= 0.6 is 0 Å². The van der Waals surface area contributed by atoms with Crippen molar-refractivity contribution in [2.24, 2.45) is 22.1 Å². The van der Waals surface area contributed by atoms with Crippen molar-refractivity contribution in [3.05, 3.63) is 119 Å². The largest absolute Gasteiger partial charge is 0.351 e. The van der Waals surface area contributed by atoms with E-state index in [1.807, 2.05) is 32.0 Å². The van der Waals surface area contributed by atoms with Crippen LogP contribution in [0, 0.1) is 29.6 Å². The van der Waals surface area contributed by atoms with E-state index in [-0.39, 0.29) is 11.3 Å². The highest BCUT2D eigenvalue weighted by Crippen LogP contribution is 2.40. The van der Waals surface area contributed by atoms with Crippen LogP contribution in [-0.4, -0.2) is 12.4 Å². The van der Waals surface area contributed by atoms with Gasteiger partial charge in [-0.2, -0.15) is 5.26 Å². The Hall–Kier alpha value is -3.68. The molecule has 0 radical (unpaired) electrons.